The van der Waals surface area contributed by atoms with E-state index < -0.39 is 0 Å². The Labute approximate surface area is 157 Å². The van der Waals surface area contributed by atoms with E-state index in [2.05, 4.69) is 15.2 Å². The highest BCUT2D eigenvalue weighted by Gasteiger charge is 2.28. The fraction of sp³-hybridized carbons (Fsp3) is 0.421. The number of hydrogen-bond donors (Lipinski definition) is 0. The van der Waals surface area contributed by atoms with E-state index >= 15 is 0 Å². The van der Waals surface area contributed by atoms with Gasteiger partial charge >= 0.3 is 0 Å². The van der Waals surface area contributed by atoms with Crippen LogP contribution in [0, 0.1) is 19.8 Å². The SMILES string of the molecule is Cc1noc(C)c1-c1cncc(C[C@@H]2CCN(C(=O)c3cnn(C)c3)C2)n1. The topological polar surface area (TPSA) is 89.9 Å². The molecule has 1 aliphatic heterocycles. The summed E-state index contributed by atoms with van der Waals surface area (Å²) >= 11 is 0. The van der Waals surface area contributed by atoms with Crippen molar-refractivity contribution in [3.8, 4) is 11.3 Å². The lowest BCUT2D eigenvalue weighted by molar-refractivity contribution is 0.0787. The second-order valence-corrected chi connectivity index (χ2v) is 7.11. The Hall–Kier alpha value is -3.03. The van der Waals surface area contributed by atoms with Gasteiger partial charge in [0, 0.05) is 32.5 Å². The third kappa shape index (κ3) is 3.47. The van der Waals surface area contributed by atoms with Crippen LogP contribution in [0.15, 0.2) is 29.3 Å². The number of aromatic nitrogens is 5. The maximum Gasteiger partial charge on any atom is 0.257 e. The number of aryl methyl sites for hydroxylation is 3. The standard InChI is InChI=1S/C19H22N6O2/c1-12-18(13(2)27-23-12)17-9-20-8-16(22-17)6-14-4-5-25(10-14)19(26)15-7-21-24(3)11-15/h7-9,11,14H,4-6,10H2,1-3H3/t14-/m0/s1. The Morgan fingerprint density at radius 2 is 2.15 bits per heavy atom. The van der Waals surface area contributed by atoms with Crippen molar-refractivity contribution in [2.45, 2.75) is 26.7 Å². The average molecular weight is 366 g/mol. The highest BCUT2D eigenvalue weighted by atomic mass is 16.5. The summed E-state index contributed by atoms with van der Waals surface area (Å²) in [6.45, 7) is 5.27. The molecule has 1 atom stereocenters. The van der Waals surface area contributed by atoms with Crippen molar-refractivity contribution < 1.29 is 9.32 Å². The first-order valence-electron chi connectivity index (χ1n) is 9.03. The van der Waals surface area contributed by atoms with Gasteiger partial charge in [-0.15, -0.1) is 0 Å². The van der Waals surface area contributed by atoms with Crippen molar-refractivity contribution in [3.63, 3.8) is 0 Å². The van der Waals surface area contributed by atoms with Crippen LogP contribution in [0.25, 0.3) is 11.3 Å². The number of carbonyl (C=O) groups excluding carboxylic acids is 1. The van der Waals surface area contributed by atoms with Crippen LogP contribution >= 0.6 is 0 Å². The summed E-state index contributed by atoms with van der Waals surface area (Å²) in [7, 11) is 1.81. The first-order chi connectivity index (χ1) is 13.0. The van der Waals surface area contributed by atoms with E-state index in [0.29, 0.717) is 11.5 Å². The molecule has 140 valence electrons. The largest absolute Gasteiger partial charge is 0.361 e. The molecular formula is C19H22N6O2. The zero-order valence-corrected chi connectivity index (χ0v) is 15.7. The van der Waals surface area contributed by atoms with E-state index in [-0.39, 0.29) is 5.91 Å². The van der Waals surface area contributed by atoms with E-state index in [4.69, 9.17) is 9.51 Å². The second kappa shape index (κ2) is 6.94. The molecule has 0 unspecified atom stereocenters. The number of carbonyl (C=O) groups is 1. The summed E-state index contributed by atoms with van der Waals surface area (Å²) < 4.78 is 6.89. The predicted molar refractivity (Wildman–Crippen MR) is 97.9 cm³/mol. The lowest BCUT2D eigenvalue weighted by Gasteiger charge is -2.15. The molecule has 4 heterocycles. The smallest absolute Gasteiger partial charge is 0.257 e. The molecule has 0 radical (unpaired) electrons. The highest BCUT2D eigenvalue weighted by molar-refractivity contribution is 5.93. The van der Waals surface area contributed by atoms with E-state index in [0.717, 1.165) is 54.3 Å². The Morgan fingerprint density at radius 3 is 2.85 bits per heavy atom. The van der Waals surface area contributed by atoms with Crippen LogP contribution in [0.1, 0.15) is 33.9 Å². The monoisotopic (exact) mass is 366 g/mol. The van der Waals surface area contributed by atoms with Crippen molar-refractivity contribution in [2.75, 3.05) is 13.1 Å². The zero-order chi connectivity index (χ0) is 19.0. The van der Waals surface area contributed by atoms with Gasteiger partial charge in [-0.1, -0.05) is 5.16 Å². The third-order valence-electron chi connectivity index (χ3n) is 5.00. The Morgan fingerprint density at radius 1 is 1.30 bits per heavy atom. The van der Waals surface area contributed by atoms with Crippen LogP contribution in [-0.2, 0) is 13.5 Å². The fourth-order valence-corrected chi connectivity index (χ4v) is 3.67. The number of likely N-dealkylation sites (tertiary alicyclic amines) is 1. The highest BCUT2D eigenvalue weighted by Crippen LogP contribution is 2.26. The van der Waals surface area contributed by atoms with Crippen LogP contribution < -0.4 is 0 Å². The van der Waals surface area contributed by atoms with Crippen LogP contribution in [0.4, 0.5) is 0 Å². The molecule has 0 bridgehead atoms. The van der Waals surface area contributed by atoms with Crippen LogP contribution in [-0.4, -0.2) is 48.8 Å². The van der Waals surface area contributed by atoms with Crippen LogP contribution in [0.3, 0.4) is 0 Å². The molecule has 0 saturated carbocycles. The maximum absolute atomic E-state index is 12.6. The van der Waals surface area contributed by atoms with E-state index in [1.165, 1.54) is 0 Å². The summed E-state index contributed by atoms with van der Waals surface area (Å²) in [5.41, 5.74) is 4.06. The minimum absolute atomic E-state index is 0.0427. The van der Waals surface area contributed by atoms with Crippen molar-refractivity contribution in [1.82, 2.24) is 29.8 Å². The van der Waals surface area contributed by atoms with Crippen molar-refractivity contribution in [3.05, 3.63) is 47.5 Å². The number of hydrogen-bond acceptors (Lipinski definition) is 6. The molecule has 1 fully saturated rings. The molecule has 1 saturated heterocycles. The minimum atomic E-state index is 0.0427. The summed E-state index contributed by atoms with van der Waals surface area (Å²) in [6, 6.07) is 0. The van der Waals surface area contributed by atoms with Crippen LogP contribution in [0.2, 0.25) is 0 Å². The molecule has 0 spiro atoms. The van der Waals surface area contributed by atoms with Crippen molar-refractivity contribution in [2.24, 2.45) is 13.0 Å². The molecule has 8 nitrogen and oxygen atoms in total. The minimum Gasteiger partial charge on any atom is -0.361 e. The Kier molecular flexibility index (Phi) is 4.47. The van der Waals surface area contributed by atoms with Gasteiger partial charge in [0.15, 0.2) is 0 Å². The molecule has 3 aromatic rings. The van der Waals surface area contributed by atoms with Gasteiger partial charge in [-0.3, -0.25) is 14.5 Å². The molecule has 0 aliphatic carbocycles. The van der Waals surface area contributed by atoms with Gasteiger partial charge in [-0.25, -0.2) is 4.98 Å². The van der Waals surface area contributed by atoms with Crippen LogP contribution in [0.5, 0.6) is 0 Å². The molecule has 3 aromatic heterocycles. The summed E-state index contributed by atoms with van der Waals surface area (Å²) in [5, 5.41) is 8.07. The van der Waals surface area contributed by atoms with Gasteiger partial charge < -0.3 is 9.42 Å². The lowest BCUT2D eigenvalue weighted by Crippen LogP contribution is -2.28. The second-order valence-electron chi connectivity index (χ2n) is 7.11. The van der Waals surface area contributed by atoms with Crippen molar-refractivity contribution >= 4 is 5.91 Å². The quantitative estimate of drug-likeness (QED) is 0.703. The first-order valence-corrected chi connectivity index (χ1v) is 9.03. The molecule has 8 heteroatoms. The average Bonchev–Trinajstić information content (AvgIpc) is 3.36. The lowest BCUT2D eigenvalue weighted by atomic mass is 10.0. The van der Waals surface area contributed by atoms with Gasteiger partial charge in [0.1, 0.15) is 5.76 Å². The molecule has 4 rings (SSSR count). The fourth-order valence-electron chi connectivity index (χ4n) is 3.67. The van der Waals surface area contributed by atoms with Gasteiger partial charge in [-0.2, -0.15) is 5.10 Å². The van der Waals surface area contributed by atoms with E-state index in [9.17, 15) is 4.79 Å². The van der Waals surface area contributed by atoms with Gasteiger partial charge in [-0.05, 0) is 32.6 Å². The molecular weight excluding hydrogens is 344 g/mol. The first kappa shape index (κ1) is 17.4. The molecule has 1 amide bonds. The summed E-state index contributed by atoms with van der Waals surface area (Å²) in [6.07, 6.45) is 8.67. The van der Waals surface area contributed by atoms with E-state index in [1.54, 1.807) is 29.5 Å². The summed E-state index contributed by atoms with van der Waals surface area (Å²) in [4.78, 5) is 23.6. The maximum atomic E-state index is 12.6. The summed E-state index contributed by atoms with van der Waals surface area (Å²) in [5.74, 6) is 1.16. The van der Waals surface area contributed by atoms with Gasteiger partial charge in [0.25, 0.3) is 5.91 Å². The Bertz CT molecular complexity index is 957. The Balaban J connectivity index is 1.45. The van der Waals surface area contributed by atoms with Gasteiger partial charge in [0.05, 0.1) is 40.6 Å². The number of amides is 1. The third-order valence-corrected chi connectivity index (χ3v) is 5.00. The molecule has 0 N–H and O–H groups in total. The predicted octanol–water partition coefficient (Wildman–Crippen LogP) is 2.19. The molecule has 0 aromatic carbocycles. The number of rotatable bonds is 4. The molecule has 27 heavy (non-hydrogen) atoms. The number of nitrogens with zero attached hydrogens (tertiary/aromatic N) is 6. The van der Waals surface area contributed by atoms with E-state index in [1.807, 2.05) is 25.8 Å². The van der Waals surface area contributed by atoms with Crippen molar-refractivity contribution in [1.29, 1.82) is 0 Å². The normalized spacial score (nSPS) is 16.9. The molecule has 1 aliphatic rings. The van der Waals surface area contributed by atoms with Gasteiger partial charge in [0.2, 0.25) is 0 Å². The zero-order valence-electron chi connectivity index (χ0n) is 15.7.